The normalized spacial score (nSPS) is 11.1. The van der Waals surface area contributed by atoms with E-state index in [1.54, 1.807) is 6.07 Å². The van der Waals surface area contributed by atoms with Gasteiger partial charge in [0.15, 0.2) is 5.78 Å². The molecule has 16 heavy (non-hydrogen) atoms. The van der Waals surface area contributed by atoms with Gasteiger partial charge < -0.3 is 4.74 Å². The number of carbonyl (C=O) groups is 1. The number of Topliss-reactive ketones (excluding diaryl/α,β-unsaturated/α-hetero) is 1. The van der Waals surface area contributed by atoms with Crippen LogP contribution in [-0.4, -0.2) is 25.4 Å². The van der Waals surface area contributed by atoms with Gasteiger partial charge in [-0.1, -0.05) is 0 Å². The summed E-state index contributed by atoms with van der Waals surface area (Å²) in [7, 11) is 0. The molecular formula is C9H8Br2F2O2S. The topological polar surface area (TPSA) is 26.3 Å². The van der Waals surface area contributed by atoms with Crippen LogP contribution in [0.5, 0.6) is 0 Å². The van der Waals surface area contributed by atoms with Gasteiger partial charge >= 0.3 is 0 Å². The van der Waals surface area contributed by atoms with Gasteiger partial charge in [0.1, 0.15) is 6.61 Å². The van der Waals surface area contributed by atoms with Gasteiger partial charge in [-0.3, -0.25) is 4.79 Å². The van der Waals surface area contributed by atoms with E-state index < -0.39 is 13.0 Å². The van der Waals surface area contributed by atoms with Gasteiger partial charge in [-0.15, -0.1) is 11.3 Å². The molecule has 90 valence electrons. The Labute approximate surface area is 112 Å². The number of hydrogen-bond acceptors (Lipinski definition) is 3. The van der Waals surface area contributed by atoms with Crippen molar-refractivity contribution in [2.75, 3.05) is 13.2 Å². The highest BCUT2D eigenvalue weighted by atomic mass is 79.9. The summed E-state index contributed by atoms with van der Waals surface area (Å²) >= 11 is 7.91. The van der Waals surface area contributed by atoms with Crippen LogP contribution in [0.4, 0.5) is 8.78 Å². The lowest BCUT2D eigenvalue weighted by Gasteiger charge is -2.02. The predicted octanol–water partition coefficient (Wildman–Crippen LogP) is 4.13. The second kappa shape index (κ2) is 6.78. The van der Waals surface area contributed by atoms with E-state index in [0.29, 0.717) is 5.56 Å². The highest BCUT2D eigenvalue weighted by Crippen LogP contribution is 2.32. The van der Waals surface area contributed by atoms with Gasteiger partial charge in [0.25, 0.3) is 6.43 Å². The highest BCUT2D eigenvalue weighted by Gasteiger charge is 2.13. The van der Waals surface area contributed by atoms with Crippen LogP contribution in [0, 0.1) is 0 Å². The number of hydrogen-bond donors (Lipinski definition) is 0. The third-order valence-corrected chi connectivity index (χ3v) is 4.01. The Bertz CT molecular complexity index is 368. The van der Waals surface area contributed by atoms with Gasteiger partial charge in [0, 0.05) is 12.0 Å². The number of ether oxygens (including phenoxy) is 1. The van der Waals surface area contributed by atoms with Crippen molar-refractivity contribution in [3.05, 3.63) is 19.2 Å². The highest BCUT2D eigenvalue weighted by molar-refractivity contribution is 9.12. The first kappa shape index (κ1) is 14.2. The van der Waals surface area contributed by atoms with Gasteiger partial charge in [0.2, 0.25) is 0 Å². The van der Waals surface area contributed by atoms with Gasteiger partial charge in [0.05, 0.1) is 14.2 Å². The second-order valence-corrected chi connectivity index (χ2v) is 6.63. The third kappa shape index (κ3) is 4.57. The first-order valence-corrected chi connectivity index (χ1v) is 6.75. The lowest BCUT2D eigenvalue weighted by atomic mass is 10.2. The minimum atomic E-state index is -2.49. The molecule has 0 aliphatic carbocycles. The molecule has 0 atom stereocenters. The maximum atomic E-state index is 11.7. The molecule has 1 aromatic rings. The van der Waals surface area contributed by atoms with Crippen LogP contribution < -0.4 is 0 Å². The molecule has 0 aliphatic rings. The Balaban J connectivity index is 2.38. The van der Waals surface area contributed by atoms with Gasteiger partial charge in [-0.2, -0.15) is 0 Å². The van der Waals surface area contributed by atoms with E-state index in [1.165, 1.54) is 11.3 Å². The summed E-state index contributed by atoms with van der Waals surface area (Å²) in [6, 6.07) is 1.70. The summed E-state index contributed by atoms with van der Waals surface area (Å²) in [5, 5.41) is 0. The Morgan fingerprint density at radius 1 is 1.50 bits per heavy atom. The molecule has 0 amide bonds. The number of ketones is 1. The summed E-state index contributed by atoms with van der Waals surface area (Å²) in [6.07, 6.45) is -2.38. The third-order valence-electron chi connectivity index (χ3n) is 1.67. The molecule has 0 aromatic carbocycles. The van der Waals surface area contributed by atoms with Crippen LogP contribution in [0.15, 0.2) is 13.6 Å². The average Bonchev–Trinajstić information content (AvgIpc) is 2.52. The summed E-state index contributed by atoms with van der Waals surface area (Å²) in [4.78, 5) is 11.6. The maximum absolute atomic E-state index is 11.7. The summed E-state index contributed by atoms with van der Waals surface area (Å²) in [6.45, 7) is -0.606. The number of halogens is 4. The monoisotopic (exact) mass is 376 g/mol. The zero-order valence-electron chi connectivity index (χ0n) is 8.01. The van der Waals surface area contributed by atoms with Crippen LogP contribution in [0.25, 0.3) is 0 Å². The fourth-order valence-corrected chi connectivity index (χ4v) is 3.86. The van der Waals surface area contributed by atoms with Crippen molar-refractivity contribution < 1.29 is 18.3 Å². The van der Waals surface area contributed by atoms with Crippen LogP contribution in [0.2, 0.25) is 0 Å². The average molecular weight is 378 g/mol. The van der Waals surface area contributed by atoms with Crippen molar-refractivity contribution >= 4 is 49.0 Å². The predicted molar refractivity (Wildman–Crippen MR) is 65.5 cm³/mol. The van der Waals surface area contributed by atoms with Crippen LogP contribution >= 0.6 is 43.2 Å². The zero-order chi connectivity index (χ0) is 12.1. The van der Waals surface area contributed by atoms with E-state index in [4.69, 9.17) is 0 Å². The SMILES string of the molecule is O=C(CCOCC(F)F)c1cc(Br)sc1Br. The van der Waals surface area contributed by atoms with Crippen molar-refractivity contribution in [2.45, 2.75) is 12.8 Å². The molecular weight excluding hydrogens is 370 g/mol. The minimum Gasteiger partial charge on any atom is -0.375 e. The lowest BCUT2D eigenvalue weighted by Crippen LogP contribution is -2.09. The van der Waals surface area contributed by atoms with Crippen LogP contribution in [0.1, 0.15) is 16.8 Å². The van der Waals surface area contributed by atoms with E-state index >= 15 is 0 Å². The summed E-state index contributed by atoms with van der Waals surface area (Å²) < 4.78 is 29.7. The minimum absolute atomic E-state index is 0.0169. The van der Waals surface area contributed by atoms with E-state index in [1.807, 2.05) is 0 Å². The summed E-state index contributed by atoms with van der Waals surface area (Å²) in [5.74, 6) is -0.122. The molecule has 0 fully saturated rings. The molecule has 0 radical (unpaired) electrons. The van der Waals surface area contributed by atoms with Gasteiger partial charge in [-0.05, 0) is 37.9 Å². The number of alkyl halides is 2. The Morgan fingerprint density at radius 2 is 2.19 bits per heavy atom. The number of thiophene rings is 1. The first-order chi connectivity index (χ1) is 7.50. The first-order valence-electron chi connectivity index (χ1n) is 4.34. The zero-order valence-corrected chi connectivity index (χ0v) is 12.0. The quantitative estimate of drug-likeness (QED) is 0.550. The van der Waals surface area contributed by atoms with E-state index in [9.17, 15) is 13.6 Å². The Kier molecular flexibility index (Phi) is 6.02. The van der Waals surface area contributed by atoms with E-state index in [2.05, 4.69) is 36.6 Å². The molecule has 0 aliphatic heterocycles. The molecule has 0 unspecified atom stereocenters. The fraction of sp³-hybridized carbons (Fsp3) is 0.444. The maximum Gasteiger partial charge on any atom is 0.261 e. The van der Waals surface area contributed by atoms with Gasteiger partial charge in [-0.25, -0.2) is 8.78 Å². The van der Waals surface area contributed by atoms with Crippen molar-refractivity contribution in [3.63, 3.8) is 0 Å². The molecule has 0 saturated carbocycles. The van der Waals surface area contributed by atoms with Crippen LogP contribution in [0.3, 0.4) is 0 Å². The second-order valence-electron chi connectivity index (χ2n) is 2.88. The largest absolute Gasteiger partial charge is 0.375 e. The molecule has 1 rings (SSSR count). The number of rotatable bonds is 6. The fourth-order valence-electron chi connectivity index (χ4n) is 1.00. The molecule has 1 aromatic heterocycles. The van der Waals surface area contributed by atoms with Crippen molar-refractivity contribution in [1.82, 2.24) is 0 Å². The molecule has 1 heterocycles. The van der Waals surface area contributed by atoms with Crippen molar-refractivity contribution in [2.24, 2.45) is 0 Å². The molecule has 0 saturated heterocycles. The molecule has 7 heteroatoms. The van der Waals surface area contributed by atoms with Crippen molar-refractivity contribution in [3.8, 4) is 0 Å². The Morgan fingerprint density at radius 3 is 2.69 bits per heavy atom. The van der Waals surface area contributed by atoms with E-state index in [0.717, 1.165) is 7.57 Å². The standard InChI is InChI=1S/C9H8Br2F2O2S/c10-7-3-5(9(11)16-7)6(14)1-2-15-4-8(12)13/h3,8H,1-2,4H2. The van der Waals surface area contributed by atoms with Crippen LogP contribution in [-0.2, 0) is 4.74 Å². The van der Waals surface area contributed by atoms with E-state index in [-0.39, 0.29) is 18.8 Å². The van der Waals surface area contributed by atoms with Crippen molar-refractivity contribution in [1.29, 1.82) is 0 Å². The smallest absolute Gasteiger partial charge is 0.261 e. The number of carbonyl (C=O) groups excluding carboxylic acids is 1. The molecule has 0 bridgehead atoms. The summed E-state index contributed by atoms with van der Waals surface area (Å²) in [5.41, 5.74) is 0.553. The molecule has 0 N–H and O–H groups in total. The lowest BCUT2D eigenvalue weighted by molar-refractivity contribution is 0.0170. The molecule has 0 spiro atoms. The Hall–Kier alpha value is 0.150. The molecule has 2 nitrogen and oxygen atoms in total.